The van der Waals surface area contributed by atoms with Crippen molar-refractivity contribution in [2.75, 3.05) is 31.7 Å². The SMILES string of the molecule is COc1ccc([C@H](C)NC(=O)COc2ccc(S(=O)(=O)N3CCc4ccccc43)cc2)cc1OC. The maximum absolute atomic E-state index is 13.1. The predicted octanol–water partition coefficient (Wildman–Crippen LogP) is 3.71. The molecule has 35 heavy (non-hydrogen) atoms. The van der Waals surface area contributed by atoms with Crippen molar-refractivity contribution in [1.29, 1.82) is 0 Å². The molecule has 184 valence electrons. The number of ether oxygens (including phenoxy) is 3. The van der Waals surface area contributed by atoms with E-state index in [1.165, 1.54) is 16.4 Å². The molecule has 1 amide bonds. The van der Waals surface area contributed by atoms with Gasteiger partial charge in [-0.2, -0.15) is 0 Å². The minimum Gasteiger partial charge on any atom is -0.493 e. The molecule has 0 spiro atoms. The Bertz CT molecular complexity index is 1310. The van der Waals surface area contributed by atoms with Crippen LogP contribution < -0.4 is 23.8 Å². The molecule has 1 aliphatic heterocycles. The van der Waals surface area contributed by atoms with E-state index in [1.807, 2.05) is 43.3 Å². The van der Waals surface area contributed by atoms with Crippen LogP contribution in [0.25, 0.3) is 0 Å². The minimum absolute atomic E-state index is 0.174. The van der Waals surface area contributed by atoms with Crippen molar-refractivity contribution in [3.05, 3.63) is 77.9 Å². The van der Waals surface area contributed by atoms with Crippen molar-refractivity contribution in [2.24, 2.45) is 0 Å². The van der Waals surface area contributed by atoms with E-state index in [0.717, 1.165) is 11.1 Å². The number of rotatable bonds is 9. The summed E-state index contributed by atoms with van der Waals surface area (Å²) in [6.45, 7) is 2.07. The van der Waals surface area contributed by atoms with Gasteiger partial charge < -0.3 is 19.5 Å². The fourth-order valence-electron chi connectivity index (χ4n) is 4.03. The Morgan fingerprint density at radius 3 is 2.43 bits per heavy atom. The van der Waals surface area contributed by atoms with Gasteiger partial charge in [-0.1, -0.05) is 24.3 Å². The molecule has 0 aliphatic carbocycles. The fourth-order valence-corrected chi connectivity index (χ4v) is 5.53. The molecule has 8 nitrogen and oxygen atoms in total. The van der Waals surface area contributed by atoms with E-state index in [9.17, 15) is 13.2 Å². The molecule has 1 N–H and O–H groups in total. The van der Waals surface area contributed by atoms with E-state index in [4.69, 9.17) is 14.2 Å². The zero-order chi connectivity index (χ0) is 25.0. The molecular weight excluding hydrogens is 468 g/mol. The molecule has 3 aromatic rings. The van der Waals surface area contributed by atoms with Gasteiger partial charge in [-0.15, -0.1) is 0 Å². The molecule has 0 fully saturated rings. The van der Waals surface area contributed by atoms with E-state index in [2.05, 4.69) is 5.32 Å². The smallest absolute Gasteiger partial charge is 0.264 e. The van der Waals surface area contributed by atoms with Crippen molar-refractivity contribution >= 4 is 21.6 Å². The number of carbonyl (C=O) groups is 1. The van der Waals surface area contributed by atoms with Crippen LogP contribution in [0.2, 0.25) is 0 Å². The summed E-state index contributed by atoms with van der Waals surface area (Å²) in [7, 11) is -0.560. The number of hydrogen-bond donors (Lipinski definition) is 1. The van der Waals surface area contributed by atoms with Crippen molar-refractivity contribution in [3.63, 3.8) is 0 Å². The highest BCUT2D eigenvalue weighted by molar-refractivity contribution is 7.92. The molecule has 0 radical (unpaired) electrons. The molecule has 9 heteroatoms. The lowest BCUT2D eigenvalue weighted by Gasteiger charge is -2.19. The maximum Gasteiger partial charge on any atom is 0.264 e. The molecule has 1 atom stereocenters. The standard InChI is InChI=1S/C26H28N2O6S/c1-18(20-8-13-24(32-2)25(16-20)33-3)27-26(29)17-34-21-9-11-22(12-10-21)35(30,31)28-15-14-19-6-4-5-7-23(19)28/h4-13,16,18H,14-15,17H2,1-3H3,(H,27,29)/t18-/m0/s1. The summed E-state index contributed by atoms with van der Waals surface area (Å²) >= 11 is 0. The van der Waals surface area contributed by atoms with Crippen molar-refractivity contribution in [1.82, 2.24) is 5.32 Å². The van der Waals surface area contributed by atoms with Crippen molar-refractivity contribution < 1.29 is 27.4 Å². The van der Waals surface area contributed by atoms with Gasteiger partial charge >= 0.3 is 0 Å². The predicted molar refractivity (Wildman–Crippen MR) is 133 cm³/mol. The Balaban J connectivity index is 1.35. The summed E-state index contributed by atoms with van der Waals surface area (Å²) in [6.07, 6.45) is 0.688. The fraction of sp³-hybridized carbons (Fsp3) is 0.269. The first-order valence-corrected chi connectivity index (χ1v) is 12.6. The van der Waals surface area contributed by atoms with Crippen LogP contribution in [0.1, 0.15) is 24.1 Å². The molecule has 1 heterocycles. The van der Waals surface area contributed by atoms with Gasteiger partial charge in [-0.3, -0.25) is 9.10 Å². The molecule has 1 aliphatic rings. The summed E-state index contributed by atoms with van der Waals surface area (Å²) in [4.78, 5) is 12.6. The second-order valence-corrected chi connectivity index (χ2v) is 9.98. The number of anilines is 1. The largest absolute Gasteiger partial charge is 0.493 e. The van der Waals surface area contributed by atoms with Crippen molar-refractivity contribution in [3.8, 4) is 17.2 Å². The topological polar surface area (TPSA) is 94.2 Å². The number of nitrogens with one attached hydrogen (secondary N) is 1. The molecule has 0 saturated heterocycles. The first kappa shape index (κ1) is 24.4. The Morgan fingerprint density at radius 1 is 1.00 bits per heavy atom. The summed E-state index contributed by atoms with van der Waals surface area (Å²) in [5.41, 5.74) is 2.59. The number of amides is 1. The van der Waals surface area contributed by atoms with E-state index >= 15 is 0 Å². The first-order chi connectivity index (χ1) is 16.8. The van der Waals surface area contributed by atoms with Gasteiger partial charge in [0.15, 0.2) is 18.1 Å². The summed E-state index contributed by atoms with van der Waals surface area (Å²) in [5.74, 6) is 1.28. The number of hydrogen-bond acceptors (Lipinski definition) is 6. The van der Waals surface area contributed by atoms with Crippen LogP contribution in [-0.4, -0.2) is 41.7 Å². The third-order valence-electron chi connectivity index (χ3n) is 5.91. The van der Waals surface area contributed by atoms with Crippen LogP contribution >= 0.6 is 0 Å². The average molecular weight is 497 g/mol. The Labute approximate surface area is 205 Å². The number of nitrogens with zero attached hydrogens (tertiary/aromatic N) is 1. The van der Waals surface area contributed by atoms with Gasteiger partial charge in [-0.05, 0) is 66.9 Å². The molecule has 3 aromatic carbocycles. The monoisotopic (exact) mass is 496 g/mol. The Kier molecular flexibility index (Phi) is 7.16. The van der Waals surface area contributed by atoms with Gasteiger partial charge in [-0.25, -0.2) is 8.42 Å². The highest BCUT2D eigenvalue weighted by Gasteiger charge is 2.30. The minimum atomic E-state index is -3.68. The molecule has 0 unspecified atom stereocenters. The number of para-hydroxylation sites is 1. The van der Waals surface area contributed by atoms with Gasteiger partial charge in [0.2, 0.25) is 0 Å². The van der Waals surface area contributed by atoms with Crippen molar-refractivity contribution in [2.45, 2.75) is 24.3 Å². The second kappa shape index (κ2) is 10.3. The van der Waals surface area contributed by atoms with Gasteiger partial charge in [0.05, 0.1) is 30.8 Å². The lowest BCUT2D eigenvalue weighted by Crippen LogP contribution is -2.31. The van der Waals surface area contributed by atoms with E-state index < -0.39 is 10.0 Å². The van der Waals surface area contributed by atoms with Gasteiger partial charge in [0.25, 0.3) is 15.9 Å². The lowest BCUT2D eigenvalue weighted by atomic mass is 10.1. The summed E-state index contributed by atoms with van der Waals surface area (Å²) in [5, 5.41) is 2.87. The number of fused-ring (bicyclic) bond motifs is 1. The van der Waals surface area contributed by atoms with E-state index in [1.54, 1.807) is 32.4 Å². The van der Waals surface area contributed by atoms with Crippen LogP contribution in [-0.2, 0) is 21.2 Å². The Morgan fingerprint density at radius 2 is 1.71 bits per heavy atom. The number of sulfonamides is 1. The normalized spacial score (nSPS) is 13.6. The first-order valence-electron chi connectivity index (χ1n) is 11.2. The quantitative estimate of drug-likeness (QED) is 0.485. The Hall–Kier alpha value is -3.72. The third kappa shape index (κ3) is 5.19. The average Bonchev–Trinajstić information content (AvgIpc) is 3.32. The van der Waals surface area contributed by atoms with Crippen LogP contribution in [0, 0.1) is 0 Å². The molecule has 0 bridgehead atoms. The molecule has 4 rings (SSSR count). The second-order valence-electron chi connectivity index (χ2n) is 8.12. The van der Waals surface area contributed by atoms with Crippen LogP contribution in [0.4, 0.5) is 5.69 Å². The molecule has 0 aromatic heterocycles. The summed E-state index contributed by atoms with van der Waals surface area (Å²) < 4.78 is 43.8. The van der Waals surface area contributed by atoms with Gasteiger partial charge in [0, 0.05) is 6.54 Å². The zero-order valence-corrected chi connectivity index (χ0v) is 20.7. The lowest BCUT2D eigenvalue weighted by molar-refractivity contribution is -0.123. The van der Waals surface area contributed by atoms with E-state index in [0.29, 0.717) is 35.9 Å². The molecule has 0 saturated carbocycles. The number of carbonyl (C=O) groups excluding carboxylic acids is 1. The number of methoxy groups -OCH3 is 2. The zero-order valence-electron chi connectivity index (χ0n) is 19.9. The highest BCUT2D eigenvalue weighted by atomic mass is 32.2. The maximum atomic E-state index is 13.1. The highest BCUT2D eigenvalue weighted by Crippen LogP contribution is 2.33. The third-order valence-corrected chi connectivity index (χ3v) is 7.74. The summed E-state index contributed by atoms with van der Waals surface area (Å²) in [6, 6.07) is 18.8. The van der Waals surface area contributed by atoms with Crippen LogP contribution in [0.5, 0.6) is 17.2 Å². The van der Waals surface area contributed by atoms with Crippen LogP contribution in [0.3, 0.4) is 0 Å². The van der Waals surface area contributed by atoms with E-state index in [-0.39, 0.29) is 23.5 Å². The number of benzene rings is 3. The molecular formula is C26H28N2O6S. The van der Waals surface area contributed by atoms with Crippen LogP contribution in [0.15, 0.2) is 71.6 Å². The van der Waals surface area contributed by atoms with Gasteiger partial charge in [0.1, 0.15) is 5.75 Å².